The average Bonchev–Trinajstić information content (AvgIpc) is 3.26. The molecule has 3 aromatic carbocycles. The largest absolute Gasteiger partial charge is 0.494 e. The van der Waals surface area contributed by atoms with Crippen molar-refractivity contribution in [1.29, 1.82) is 0 Å². The Hall–Kier alpha value is -3.38. The van der Waals surface area contributed by atoms with Gasteiger partial charge in [0.15, 0.2) is 0 Å². The van der Waals surface area contributed by atoms with Crippen LogP contribution in [-0.2, 0) is 6.42 Å². The van der Waals surface area contributed by atoms with E-state index in [0.29, 0.717) is 33.9 Å². The fourth-order valence-electron chi connectivity index (χ4n) is 3.56. The highest BCUT2D eigenvalue weighted by atomic mass is 35.5. The quantitative estimate of drug-likeness (QED) is 0.254. The number of aromatic nitrogens is 3. The number of nitrogens with one attached hydrogen (secondary N) is 1. The molecule has 34 heavy (non-hydrogen) atoms. The van der Waals surface area contributed by atoms with Crippen molar-refractivity contribution in [3.05, 3.63) is 76.8 Å². The van der Waals surface area contributed by atoms with Gasteiger partial charge in [0.1, 0.15) is 16.8 Å². The van der Waals surface area contributed by atoms with Crippen LogP contribution in [0.2, 0.25) is 5.02 Å². The predicted octanol–water partition coefficient (Wildman–Crippen LogP) is 6.85. The summed E-state index contributed by atoms with van der Waals surface area (Å²) in [5.41, 5.74) is 4.49. The van der Waals surface area contributed by atoms with Crippen LogP contribution in [0.5, 0.6) is 5.75 Å². The van der Waals surface area contributed by atoms with E-state index < -0.39 is 0 Å². The van der Waals surface area contributed by atoms with E-state index in [4.69, 9.17) is 16.3 Å². The molecule has 6 nitrogen and oxygen atoms in total. The van der Waals surface area contributed by atoms with Gasteiger partial charge in [0.25, 0.3) is 5.91 Å². The minimum atomic E-state index is -0.253. The van der Waals surface area contributed by atoms with Crippen LogP contribution in [0.1, 0.15) is 55.5 Å². The predicted molar refractivity (Wildman–Crippen MR) is 137 cm³/mol. The number of anilines is 1. The molecule has 1 aromatic heterocycles. The number of rotatable bonds is 10. The highest BCUT2D eigenvalue weighted by Crippen LogP contribution is 2.28. The van der Waals surface area contributed by atoms with E-state index >= 15 is 0 Å². The molecule has 0 atom stereocenters. The molecule has 0 unspecified atom stereocenters. The monoisotopic (exact) mass is 476 g/mol. The zero-order chi connectivity index (χ0) is 23.9. The summed E-state index contributed by atoms with van der Waals surface area (Å²) in [4.78, 5) is 14.3. The molecule has 1 N–H and O–H groups in total. The van der Waals surface area contributed by atoms with Crippen LogP contribution in [0.15, 0.2) is 60.7 Å². The Labute approximate surface area is 204 Å². The smallest absolute Gasteiger partial charge is 0.255 e. The first-order chi connectivity index (χ1) is 16.6. The third kappa shape index (κ3) is 5.75. The standard InChI is InChI=1S/C27H29ClN4O2/c1-3-5-7-19-8-12-21(13-9-19)32-30-25-17-23(28)24(18-26(25)31-32)29-27(33)20-10-14-22(15-11-20)34-16-6-4-2/h8-15,17-18H,3-7,16H2,1-2H3,(H,29,33). The molecule has 0 radical (unpaired) electrons. The first-order valence-electron chi connectivity index (χ1n) is 11.8. The minimum Gasteiger partial charge on any atom is -0.494 e. The molecule has 0 aliphatic carbocycles. The van der Waals surface area contributed by atoms with Crippen molar-refractivity contribution in [1.82, 2.24) is 15.0 Å². The zero-order valence-corrected chi connectivity index (χ0v) is 20.3. The topological polar surface area (TPSA) is 69.0 Å². The zero-order valence-electron chi connectivity index (χ0n) is 19.6. The van der Waals surface area contributed by atoms with Crippen LogP contribution in [0.3, 0.4) is 0 Å². The van der Waals surface area contributed by atoms with Gasteiger partial charge in [-0.1, -0.05) is 50.4 Å². The highest BCUT2D eigenvalue weighted by molar-refractivity contribution is 6.34. The number of unbranched alkanes of at least 4 members (excludes halogenated alkanes) is 2. The second-order valence-corrected chi connectivity index (χ2v) is 8.67. The van der Waals surface area contributed by atoms with Gasteiger partial charge in [-0.3, -0.25) is 4.79 Å². The van der Waals surface area contributed by atoms with Crippen molar-refractivity contribution in [2.75, 3.05) is 11.9 Å². The summed E-state index contributed by atoms with van der Waals surface area (Å²) < 4.78 is 5.66. The maximum absolute atomic E-state index is 12.8. The fourth-order valence-corrected chi connectivity index (χ4v) is 3.76. The van der Waals surface area contributed by atoms with Gasteiger partial charge in [-0.2, -0.15) is 4.80 Å². The van der Waals surface area contributed by atoms with Crippen molar-refractivity contribution in [2.24, 2.45) is 0 Å². The summed E-state index contributed by atoms with van der Waals surface area (Å²) in [5.74, 6) is 0.496. The second-order valence-electron chi connectivity index (χ2n) is 8.26. The van der Waals surface area contributed by atoms with Crippen LogP contribution in [0.4, 0.5) is 5.69 Å². The second kappa shape index (κ2) is 11.2. The van der Waals surface area contributed by atoms with Gasteiger partial charge in [0.2, 0.25) is 0 Å². The molecule has 4 aromatic rings. The van der Waals surface area contributed by atoms with Crippen molar-refractivity contribution in [3.63, 3.8) is 0 Å². The molecule has 0 spiro atoms. The number of amides is 1. The number of nitrogens with zero attached hydrogens (tertiary/aromatic N) is 3. The van der Waals surface area contributed by atoms with Crippen molar-refractivity contribution < 1.29 is 9.53 Å². The summed E-state index contributed by atoms with van der Waals surface area (Å²) in [5, 5.41) is 12.4. The van der Waals surface area contributed by atoms with E-state index in [9.17, 15) is 4.79 Å². The van der Waals surface area contributed by atoms with Crippen molar-refractivity contribution in [3.8, 4) is 11.4 Å². The van der Waals surface area contributed by atoms with Crippen LogP contribution in [0.25, 0.3) is 16.7 Å². The molecule has 0 saturated heterocycles. The molecule has 0 bridgehead atoms. The average molecular weight is 477 g/mol. The lowest BCUT2D eigenvalue weighted by atomic mass is 10.1. The van der Waals surface area contributed by atoms with Crippen molar-refractivity contribution >= 4 is 34.2 Å². The Morgan fingerprint density at radius 2 is 1.62 bits per heavy atom. The normalized spacial score (nSPS) is 11.0. The number of benzene rings is 3. The Morgan fingerprint density at radius 1 is 0.941 bits per heavy atom. The van der Waals surface area contributed by atoms with Crippen LogP contribution < -0.4 is 10.1 Å². The van der Waals surface area contributed by atoms with Gasteiger partial charge in [0.05, 0.1) is 23.0 Å². The van der Waals surface area contributed by atoms with Crippen LogP contribution >= 0.6 is 11.6 Å². The number of fused-ring (bicyclic) bond motifs is 1. The van der Waals surface area contributed by atoms with Gasteiger partial charge in [-0.25, -0.2) is 0 Å². The first kappa shape index (κ1) is 23.8. The molecule has 0 aliphatic heterocycles. The molecule has 176 valence electrons. The van der Waals surface area contributed by atoms with Gasteiger partial charge < -0.3 is 10.1 Å². The first-order valence-corrected chi connectivity index (χ1v) is 12.1. The summed E-state index contributed by atoms with van der Waals surface area (Å²) >= 11 is 6.44. The molecule has 1 amide bonds. The molecule has 1 heterocycles. The summed E-state index contributed by atoms with van der Waals surface area (Å²) in [6.45, 7) is 4.97. The lowest BCUT2D eigenvalue weighted by Gasteiger charge is -2.09. The number of halogens is 1. The van der Waals surface area contributed by atoms with E-state index in [2.05, 4.69) is 41.5 Å². The summed E-state index contributed by atoms with van der Waals surface area (Å²) in [7, 11) is 0. The molecule has 4 rings (SSSR count). The van der Waals surface area contributed by atoms with Crippen LogP contribution in [0, 0.1) is 0 Å². The Bertz CT molecular complexity index is 1250. The van der Waals surface area contributed by atoms with Gasteiger partial charge >= 0.3 is 0 Å². The Balaban J connectivity index is 1.48. The fraction of sp³-hybridized carbons (Fsp3) is 0.296. The highest BCUT2D eigenvalue weighted by Gasteiger charge is 2.13. The van der Waals surface area contributed by atoms with E-state index in [-0.39, 0.29) is 5.91 Å². The minimum absolute atomic E-state index is 0.253. The third-order valence-electron chi connectivity index (χ3n) is 5.59. The number of aryl methyl sites for hydroxylation is 1. The number of ether oxygens (including phenoxy) is 1. The Morgan fingerprint density at radius 3 is 2.29 bits per heavy atom. The van der Waals surface area contributed by atoms with E-state index in [1.165, 1.54) is 18.4 Å². The van der Waals surface area contributed by atoms with Crippen molar-refractivity contribution in [2.45, 2.75) is 46.0 Å². The van der Waals surface area contributed by atoms with E-state index in [1.807, 2.05) is 12.1 Å². The summed E-state index contributed by atoms with van der Waals surface area (Å²) in [6, 6.07) is 18.8. The van der Waals surface area contributed by atoms with Gasteiger partial charge in [0, 0.05) is 5.56 Å². The molecule has 0 saturated carbocycles. The lowest BCUT2D eigenvalue weighted by Crippen LogP contribution is -2.12. The van der Waals surface area contributed by atoms with Gasteiger partial charge in [-0.05, 0) is 73.4 Å². The number of hydrogen-bond acceptors (Lipinski definition) is 4. The van der Waals surface area contributed by atoms with E-state index in [0.717, 1.165) is 30.7 Å². The molecular weight excluding hydrogens is 448 g/mol. The van der Waals surface area contributed by atoms with E-state index in [1.54, 1.807) is 41.2 Å². The van der Waals surface area contributed by atoms with Gasteiger partial charge in [-0.15, -0.1) is 10.2 Å². The number of carbonyl (C=O) groups excluding carboxylic acids is 1. The lowest BCUT2D eigenvalue weighted by molar-refractivity contribution is 0.102. The van der Waals surface area contributed by atoms with Crippen LogP contribution in [-0.4, -0.2) is 27.5 Å². The maximum Gasteiger partial charge on any atom is 0.255 e. The molecule has 7 heteroatoms. The SMILES string of the molecule is CCCCOc1ccc(C(=O)Nc2cc3nn(-c4ccc(CCCC)cc4)nc3cc2Cl)cc1. The molecule has 0 aliphatic rings. The summed E-state index contributed by atoms with van der Waals surface area (Å²) in [6.07, 6.45) is 5.49. The molecule has 0 fully saturated rings. The Kier molecular flexibility index (Phi) is 7.80. The number of hydrogen-bond donors (Lipinski definition) is 1. The number of carbonyl (C=O) groups is 1. The maximum atomic E-state index is 12.8. The third-order valence-corrected chi connectivity index (χ3v) is 5.90. The molecular formula is C27H29ClN4O2.